The Morgan fingerprint density at radius 3 is 2.81 bits per heavy atom. The van der Waals surface area contributed by atoms with Crippen LogP contribution in [0, 0.1) is 0 Å². The van der Waals surface area contributed by atoms with Crippen molar-refractivity contribution >= 4 is 11.8 Å². The van der Waals surface area contributed by atoms with Crippen LogP contribution in [0.4, 0.5) is 0 Å². The molecule has 0 saturated carbocycles. The number of hydrogen-bond donors (Lipinski definition) is 0. The van der Waals surface area contributed by atoms with Gasteiger partial charge in [0.1, 0.15) is 5.75 Å². The van der Waals surface area contributed by atoms with E-state index in [2.05, 4.69) is 9.97 Å². The Bertz CT molecular complexity index is 995. The Morgan fingerprint density at radius 1 is 1.08 bits per heavy atom. The molecular weight excluding hydrogens is 346 g/mol. The van der Waals surface area contributed by atoms with Gasteiger partial charge in [0.25, 0.3) is 0 Å². The number of benzene rings is 2. The van der Waals surface area contributed by atoms with Crippen molar-refractivity contribution in [1.82, 2.24) is 14.5 Å². The van der Waals surface area contributed by atoms with Crippen molar-refractivity contribution in [3.63, 3.8) is 0 Å². The van der Waals surface area contributed by atoms with Gasteiger partial charge in [-0.3, -0.25) is 4.57 Å². The lowest BCUT2D eigenvalue weighted by atomic mass is 10.2. The van der Waals surface area contributed by atoms with Gasteiger partial charge in [0, 0.05) is 24.0 Å². The molecule has 0 amide bonds. The molecule has 0 bridgehead atoms. The SMILES string of the molecule is COc1cccc(-n2ccnc2SCc2ncc(-c3ccccc3)o2)c1. The molecule has 0 radical (unpaired) electrons. The summed E-state index contributed by atoms with van der Waals surface area (Å²) in [6.07, 6.45) is 5.48. The molecule has 0 unspecified atom stereocenters. The van der Waals surface area contributed by atoms with Crippen LogP contribution in [0.25, 0.3) is 17.0 Å². The van der Waals surface area contributed by atoms with Crippen molar-refractivity contribution < 1.29 is 9.15 Å². The van der Waals surface area contributed by atoms with Gasteiger partial charge in [0.2, 0.25) is 5.89 Å². The van der Waals surface area contributed by atoms with Crippen LogP contribution in [0.2, 0.25) is 0 Å². The lowest BCUT2D eigenvalue weighted by Crippen LogP contribution is -1.96. The fraction of sp³-hybridized carbons (Fsp3) is 0.100. The average molecular weight is 363 g/mol. The van der Waals surface area contributed by atoms with Crippen LogP contribution in [-0.4, -0.2) is 21.6 Å². The Kier molecular flexibility index (Phi) is 4.75. The first-order valence-corrected chi connectivity index (χ1v) is 9.13. The first-order chi connectivity index (χ1) is 12.8. The summed E-state index contributed by atoms with van der Waals surface area (Å²) in [5.74, 6) is 2.87. The number of hydrogen-bond acceptors (Lipinski definition) is 5. The second kappa shape index (κ2) is 7.49. The molecule has 26 heavy (non-hydrogen) atoms. The maximum Gasteiger partial charge on any atom is 0.205 e. The highest BCUT2D eigenvalue weighted by molar-refractivity contribution is 7.98. The van der Waals surface area contributed by atoms with Gasteiger partial charge in [0.15, 0.2) is 10.9 Å². The topological polar surface area (TPSA) is 53.1 Å². The van der Waals surface area contributed by atoms with Crippen molar-refractivity contribution in [2.75, 3.05) is 7.11 Å². The fourth-order valence-electron chi connectivity index (χ4n) is 2.59. The molecule has 2 aromatic carbocycles. The molecule has 0 aliphatic carbocycles. The highest BCUT2D eigenvalue weighted by Gasteiger charge is 2.10. The largest absolute Gasteiger partial charge is 0.497 e. The van der Waals surface area contributed by atoms with E-state index in [0.717, 1.165) is 27.9 Å². The number of aromatic nitrogens is 3. The summed E-state index contributed by atoms with van der Waals surface area (Å²) in [5.41, 5.74) is 2.02. The number of methoxy groups -OCH3 is 1. The van der Waals surface area contributed by atoms with Gasteiger partial charge in [-0.05, 0) is 12.1 Å². The third kappa shape index (κ3) is 3.50. The summed E-state index contributed by atoms with van der Waals surface area (Å²) < 4.78 is 13.2. The van der Waals surface area contributed by atoms with Gasteiger partial charge >= 0.3 is 0 Å². The Hall–Kier alpha value is -2.99. The van der Waals surface area contributed by atoms with Crippen LogP contribution in [-0.2, 0) is 5.75 Å². The van der Waals surface area contributed by atoms with E-state index in [1.54, 1.807) is 31.3 Å². The molecule has 0 saturated heterocycles. The quantitative estimate of drug-likeness (QED) is 0.459. The Balaban J connectivity index is 1.49. The predicted octanol–water partition coefficient (Wildman–Crippen LogP) is 4.83. The summed E-state index contributed by atoms with van der Waals surface area (Å²) in [5, 5.41) is 0.873. The smallest absolute Gasteiger partial charge is 0.205 e. The van der Waals surface area contributed by atoms with Crippen LogP contribution in [0.1, 0.15) is 5.89 Å². The van der Waals surface area contributed by atoms with Gasteiger partial charge in [-0.2, -0.15) is 0 Å². The Labute approximate surface area is 155 Å². The molecule has 6 heteroatoms. The van der Waals surface area contributed by atoms with Crippen molar-refractivity contribution in [2.24, 2.45) is 0 Å². The van der Waals surface area contributed by atoms with Gasteiger partial charge in [-0.1, -0.05) is 48.2 Å². The lowest BCUT2D eigenvalue weighted by molar-refractivity contribution is 0.414. The first-order valence-electron chi connectivity index (χ1n) is 8.14. The van der Waals surface area contributed by atoms with E-state index in [1.807, 2.05) is 65.4 Å². The van der Waals surface area contributed by atoms with E-state index >= 15 is 0 Å². The van der Waals surface area contributed by atoms with Crippen LogP contribution in [0.5, 0.6) is 5.75 Å². The first kappa shape index (κ1) is 16.5. The van der Waals surface area contributed by atoms with Crippen LogP contribution in [0.15, 0.2) is 82.8 Å². The third-order valence-electron chi connectivity index (χ3n) is 3.87. The molecule has 0 atom stereocenters. The molecule has 5 nitrogen and oxygen atoms in total. The van der Waals surface area contributed by atoms with Gasteiger partial charge in [0.05, 0.1) is 24.7 Å². The van der Waals surface area contributed by atoms with E-state index in [0.29, 0.717) is 11.6 Å². The lowest BCUT2D eigenvalue weighted by Gasteiger charge is -2.08. The number of imidazole rings is 1. The minimum absolute atomic E-state index is 0.605. The monoisotopic (exact) mass is 363 g/mol. The summed E-state index contributed by atoms with van der Waals surface area (Å²) >= 11 is 1.58. The molecule has 0 spiro atoms. The minimum Gasteiger partial charge on any atom is -0.497 e. The van der Waals surface area contributed by atoms with Gasteiger partial charge in [-0.25, -0.2) is 9.97 Å². The maximum atomic E-state index is 5.86. The molecular formula is C20H17N3O2S. The van der Waals surface area contributed by atoms with E-state index in [1.165, 1.54) is 0 Å². The van der Waals surface area contributed by atoms with Crippen LogP contribution in [0.3, 0.4) is 0 Å². The molecule has 0 N–H and O–H groups in total. The second-order valence-electron chi connectivity index (χ2n) is 5.55. The third-order valence-corrected chi connectivity index (χ3v) is 4.83. The zero-order chi connectivity index (χ0) is 17.8. The summed E-state index contributed by atoms with van der Waals surface area (Å²) in [7, 11) is 1.66. The zero-order valence-electron chi connectivity index (χ0n) is 14.2. The van der Waals surface area contributed by atoms with E-state index in [-0.39, 0.29) is 0 Å². The molecule has 0 aliphatic rings. The molecule has 0 aliphatic heterocycles. The number of ether oxygens (including phenoxy) is 1. The second-order valence-corrected chi connectivity index (χ2v) is 6.50. The molecule has 0 fully saturated rings. The van der Waals surface area contributed by atoms with E-state index in [9.17, 15) is 0 Å². The average Bonchev–Trinajstić information content (AvgIpc) is 3.36. The summed E-state index contributed by atoms with van der Waals surface area (Å²) in [4.78, 5) is 8.82. The molecule has 4 rings (SSSR count). The molecule has 130 valence electrons. The number of rotatable bonds is 6. The van der Waals surface area contributed by atoms with E-state index < -0.39 is 0 Å². The predicted molar refractivity (Wildman–Crippen MR) is 102 cm³/mol. The van der Waals surface area contributed by atoms with Crippen molar-refractivity contribution in [3.05, 3.63) is 79.1 Å². The van der Waals surface area contributed by atoms with Crippen molar-refractivity contribution in [3.8, 4) is 22.8 Å². The molecule has 2 heterocycles. The summed E-state index contributed by atoms with van der Waals surface area (Å²) in [6.45, 7) is 0. The van der Waals surface area contributed by atoms with Gasteiger partial charge in [-0.15, -0.1) is 0 Å². The van der Waals surface area contributed by atoms with Gasteiger partial charge < -0.3 is 9.15 Å². The number of thioether (sulfide) groups is 1. The zero-order valence-corrected chi connectivity index (χ0v) is 15.0. The highest BCUT2D eigenvalue weighted by atomic mass is 32.2. The standard InChI is InChI=1S/C20H17N3O2S/c1-24-17-9-5-8-16(12-17)23-11-10-21-20(23)26-14-19-22-13-18(25-19)15-6-3-2-4-7-15/h2-13H,14H2,1H3. The fourth-order valence-corrected chi connectivity index (χ4v) is 3.42. The van der Waals surface area contributed by atoms with E-state index in [4.69, 9.17) is 9.15 Å². The normalized spacial score (nSPS) is 10.8. The van der Waals surface area contributed by atoms with Crippen molar-refractivity contribution in [2.45, 2.75) is 10.9 Å². The van der Waals surface area contributed by atoms with Crippen LogP contribution < -0.4 is 4.74 Å². The minimum atomic E-state index is 0.605. The summed E-state index contributed by atoms with van der Waals surface area (Å²) in [6, 6.07) is 17.8. The molecule has 4 aromatic rings. The Morgan fingerprint density at radius 2 is 1.96 bits per heavy atom. The molecule has 2 aromatic heterocycles. The maximum absolute atomic E-state index is 5.86. The number of oxazole rings is 1. The van der Waals surface area contributed by atoms with Crippen LogP contribution >= 0.6 is 11.8 Å². The number of nitrogens with zero attached hydrogens (tertiary/aromatic N) is 3. The highest BCUT2D eigenvalue weighted by Crippen LogP contribution is 2.27. The van der Waals surface area contributed by atoms with Crippen molar-refractivity contribution in [1.29, 1.82) is 0 Å².